The monoisotopic (exact) mass is 184 g/mol. The second-order valence-corrected chi connectivity index (χ2v) is 2.81. The van der Waals surface area contributed by atoms with Gasteiger partial charge in [0.25, 0.3) is 0 Å². The topological polar surface area (TPSA) is 46.3 Å². The van der Waals surface area contributed by atoms with E-state index in [4.69, 9.17) is 17.3 Å². The summed E-state index contributed by atoms with van der Waals surface area (Å²) in [6.45, 7) is 0. The van der Waals surface area contributed by atoms with Gasteiger partial charge in [0.2, 0.25) is 0 Å². The van der Waals surface area contributed by atoms with Crippen LogP contribution in [0.4, 0.5) is 10.5 Å². The van der Waals surface area contributed by atoms with E-state index >= 15 is 0 Å². The maximum Gasteiger partial charge on any atom is 0.318 e. The third-order valence-electron chi connectivity index (χ3n) is 1.53. The molecule has 0 spiro atoms. The van der Waals surface area contributed by atoms with Crippen molar-refractivity contribution in [1.29, 1.82) is 0 Å². The lowest BCUT2D eigenvalue weighted by molar-refractivity contribution is 0.255. The summed E-state index contributed by atoms with van der Waals surface area (Å²) in [4.78, 5) is 12.0. The van der Waals surface area contributed by atoms with Gasteiger partial charge >= 0.3 is 6.03 Å². The van der Waals surface area contributed by atoms with Crippen LogP contribution in [0.3, 0.4) is 0 Å². The molecule has 2 amide bonds. The summed E-state index contributed by atoms with van der Waals surface area (Å²) >= 11 is 5.71. The van der Waals surface area contributed by atoms with Crippen molar-refractivity contribution in [2.75, 3.05) is 11.9 Å². The molecule has 12 heavy (non-hydrogen) atoms. The SMILES string of the molecule is CN(C(N)=O)c1cccc(Cl)c1. The molecule has 4 heteroatoms. The average Bonchev–Trinajstić information content (AvgIpc) is 2.03. The second kappa shape index (κ2) is 3.45. The number of carbonyl (C=O) groups is 1. The maximum atomic E-state index is 10.7. The van der Waals surface area contributed by atoms with Crippen LogP contribution in [0.25, 0.3) is 0 Å². The van der Waals surface area contributed by atoms with E-state index in [1.807, 2.05) is 0 Å². The Morgan fingerprint density at radius 2 is 2.25 bits per heavy atom. The van der Waals surface area contributed by atoms with E-state index in [0.717, 1.165) is 0 Å². The van der Waals surface area contributed by atoms with Gasteiger partial charge in [0.15, 0.2) is 0 Å². The van der Waals surface area contributed by atoms with Gasteiger partial charge in [-0.2, -0.15) is 0 Å². The lowest BCUT2D eigenvalue weighted by Gasteiger charge is -2.13. The highest BCUT2D eigenvalue weighted by atomic mass is 35.5. The molecule has 0 unspecified atom stereocenters. The lowest BCUT2D eigenvalue weighted by atomic mass is 10.3. The number of nitrogens with two attached hydrogens (primary N) is 1. The summed E-state index contributed by atoms with van der Waals surface area (Å²) in [6.07, 6.45) is 0. The number of hydrogen-bond donors (Lipinski definition) is 1. The summed E-state index contributed by atoms with van der Waals surface area (Å²) in [5.41, 5.74) is 5.75. The molecule has 0 aliphatic rings. The van der Waals surface area contributed by atoms with Gasteiger partial charge in [0.05, 0.1) is 0 Å². The minimum atomic E-state index is -0.503. The number of primary amides is 1. The molecule has 2 N–H and O–H groups in total. The van der Waals surface area contributed by atoms with Gasteiger partial charge in [-0.3, -0.25) is 4.90 Å². The van der Waals surface area contributed by atoms with Crippen LogP contribution in [0.2, 0.25) is 5.02 Å². The molecule has 0 bridgehead atoms. The predicted octanol–water partition coefficient (Wildman–Crippen LogP) is 1.85. The molecular weight excluding hydrogens is 176 g/mol. The molecule has 64 valence electrons. The molecule has 0 aliphatic carbocycles. The van der Waals surface area contributed by atoms with Crippen molar-refractivity contribution in [3.63, 3.8) is 0 Å². The molecule has 0 heterocycles. The van der Waals surface area contributed by atoms with Gasteiger partial charge in [0, 0.05) is 17.8 Å². The summed E-state index contributed by atoms with van der Waals surface area (Å²) in [7, 11) is 1.59. The number of hydrogen-bond acceptors (Lipinski definition) is 1. The number of halogens is 1. The summed E-state index contributed by atoms with van der Waals surface area (Å²) < 4.78 is 0. The molecule has 0 radical (unpaired) electrons. The van der Waals surface area contributed by atoms with Gasteiger partial charge in [-0.1, -0.05) is 17.7 Å². The lowest BCUT2D eigenvalue weighted by Crippen LogP contribution is -2.31. The van der Waals surface area contributed by atoms with Crippen molar-refractivity contribution in [1.82, 2.24) is 0 Å². The zero-order chi connectivity index (χ0) is 9.14. The van der Waals surface area contributed by atoms with Crippen LogP contribution in [0.5, 0.6) is 0 Å². The van der Waals surface area contributed by atoms with E-state index in [9.17, 15) is 4.79 Å². The summed E-state index contributed by atoms with van der Waals surface area (Å²) in [5.74, 6) is 0. The van der Waals surface area contributed by atoms with E-state index in [0.29, 0.717) is 10.7 Å². The fraction of sp³-hybridized carbons (Fsp3) is 0.125. The highest BCUT2D eigenvalue weighted by molar-refractivity contribution is 6.30. The van der Waals surface area contributed by atoms with Crippen molar-refractivity contribution in [3.05, 3.63) is 29.3 Å². The first-order valence-corrected chi connectivity index (χ1v) is 3.78. The van der Waals surface area contributed by atoms with E-state index in [1.54, 1.807) is 31.3 Å². The first kappa shape index (κ1) is 8.87. The van der Waals surface area contributed by atoms with Gasteiger partial charge in [-0.25, -0.2) is 4.79 Å². The smallest absolute Gasteiger partial charge is 0.318 e. The Kier molecular flexibility index (Phi) is 2.55. The summed E-state index contributed by atoms with van der Waals surface area (Å²) in [5, 5.41) is 0.584. The van der Waals surface area contributed by atoms with Crippen molar-refractivity contribution in [3.8, 4) is 0 Å². The van der Waals surface area contributed by atoms with Gasteiger partial charge < -0.3 is 5.73 Å². The normalized spacial score (nSPS) is 9.50. The average molecular weight is 185 g/mol. The number of rotatable bonds is 1. The zero-order valence-electron chi connectivity index (χ0n) is 6.62. The standard InChI is InChI=1S/C8H9ClN2O/c1-11(8(10)12)7-4-2-3-6(9)5-7/h2-5H,1H3,(H2,10,12). The van der Waals surface area contributed by atoms with Crippen LogP contribution in [-0.2, 0) is 0 Å². The minimum absolute atomic E-state index is 0.503. The Hall–Kier alpha value is -1.22. The largest absolute Gasteiger partial charge is 0.351 e. The Labute approximate surface area is 75.7 Å². The molecule has 1 aromatic carbocycles. The third kappa shape index (κ3) is 1.89. The van der Waals surface area contributed by atoms with Crippen molar-refractivity contribution in [2.45, 2.75) is 0 Å². The quantitative estimate of drug-likeness (QED) is 0.712. The fourth-order valence-corrected chi connectivity index (χ4v) is 0.997. The van der Waals surface area contributed by atoms with E-state index in [2.05, 4.69) is 0 Å². The van der Waals surface area contributed by atoms with Crippen LogP contribution in [0.1, 0.15) is 0 Å². The molecule has 0 atom stereocenters. The second-order valence-electron chi connectivity index (χ2n) is 2.38. The minimum Gasteiger partial charge on any atom is -0.351 e. The molecule has 0 saturated carbocycles. The number of anilines is 1. The van der Waals surface area contributed by atoms with E-state index < -0.39 is 6.03 Å². The first-order chi connectivity index (χ1) is 5.61. The van der Waals surface area contributed by atoms with E-state index in [-0.39, 0.29) is 0 Å². The molecule has 1 rings (SSSR count). The van der Waals surface area contributed by atoms with Crippen LogP contribution >= 0.6 is 11.6 Å². The Morgan fingerprint density at radius 3 is 2.75 bits per heavy atom. The number of urea groups is 1. The number of benzene rings is 1. The maximum absolute atomic E-state index is 10.7. The number of nitrogens with zero attached hydrogens (tertiary/aromatic N) is 1. The van der Waals surface area contributed by atoms with Crippen LogP contribution in [0, 0.1) is 0 Å². The Balaban J connectivity index is 2.95. The number of carbonyl (C=O) groups excluding carboxylic acids is 1. The van der Waals surface area contributed by atoms with Gasteiger partial charge in [-0.05, 0) is 18.2 Å². The molecular formula is C8H9ClN2O. The first-order valence-electron chi connectivity index (χ1n) is 3.40. The number of amides is 2. The highest BCUT2D eigenvalue weighted by Crippen LogP contribution is 2.17. The molecule has 0 aliphatic heterocycles. The predicted molar refractivity (Wildman–Crippen MR) is 49.4 cm³/mol. The fourth-order valence-electron chi connectivity index (χ4n) is 0.812. The molecule has 0 saturated heterocycles. The third-order valence-corrected chi connectivity index (χ3v) is 1.76. The van der Waals surface area contributed by atoms with Crippen LogP contribution < -0.4 is 10.6 Å². The van der Waals surface area contributed by atoms with Crippen LogP contribution in [0.15, 0.2) is 24.3 Å². The van der Waals surface area contributed by atoms with E-state index in [1.165, 1.54) is 4.90 Å². The molecule has 1 aromatic rings. The van der Waals surface area contributed by atoms with Crippen molar-refractivity contribution >= 4 is 23.3 Å². The van der Waals surface area contributed by atoms with Crippen molar-refractivity contribution < 1.29 is 4.79 Å². The highest BCUT2D eigenvalue weighted by Gasteiger charge is 2.05. The Bertz CT molecular complexity index is 301. The summed E-state index contributed by atoms with van der Waals surface area (Å²) in [6, 6.07) is 6.43. The molecule has 0 fully saturated rings. The molecule has 3 nitrogen and oxygen atoms in total. The van der Waals surface area contributed by atoms with Gasteiger partial charge in [-0.15, -0.1) is 0 Å². The molecule has 0 aromatic heterocycles. The van der Waals surface area contributed by atoms with Crippen LogP contribution in [-0.4, -0.2) is 13.1 Å². The Morgan fingerprint density at radius 1 is 1.58 bits per heavy atom. The van der Waals surface area contributed by atoms with Crippen molar-refractivity contribution in [2.24, 2.45) is 5.73 Å². The zero-order valence-corrected chi connectivity index (χ0v) is 7.38. The van der Waals surface area contributed by atoms with Gasteiger partial charge in [0.1, 0.15) is 0 Å².